The molecule has 3 unspecified atom stereocenters. The standard InChI is InChI=1S/C16H24N2S/c1-18(15-7-4-6-13(15)10-17)11-14-9-12-5-2-3-8-16(12)19-14/h2-3,5,8,13-15H,4,6-7,9-11,17H2,1H3. The van der Waals surface area contributed by atoms with E-state index in [2.05, 4.69) is 48.0 Å². The van der Waals surface area contributed by atoms with Crippen LogP contribution >= 0.6 is 11.8 Å². The molecule has 0 bridgehead atoms. The predicted octanol–water partition coefficient (Wildman–Crippen LogP) is 2.76. The van der Waals surface area contributed by atoms with Gasteiger partial charge in [-0.05, 0) is 50.4 Å². The second-order valence-corrected chi connectivity index (χ2v) is 7.33. The molecule has 1 saturated carbocycles. The highest BCUT2D eigenvalue weighted by atomic mass is 32.2. The van der Waals surface area contributed by atoms with Crippen molar-refractivity contribution < 1.29 is 0 Å². The van der Waals surface area contributed by atoms with Crippen LogP contribution in [0.5, 0.6) is 0 Å². The molecule has 2 aliphatic rings. The zero-order chi connectivity index (χ0) is 13.2. The van der Waals surface area contributed by atoms with Crippen LogP contribution in [0.3, 0.4) is 0 Å². The largest absolute Gasteiger partial charge is 0.330 e. The predicted molar refractivity (Wildman–Crippen MR) is 82.6 cm³/mol. The molecule has 19 heavy (non-hydrogen) atoms. The fourth-order valence-corrected chi connectivity index (χ4v) is 5.08. The Morgan fingerprint density at radius 2 is 2.16 bits per heavy atom. The van der Waals surface area contributed by atoms with Crippen LogP contribution in [0.1, 0.15) is 24.8 Å². The van der Waals surface area contributed by atoms with E-state index in [1.54, 1.807) is 0 Å². The molecule has 3 atom stereocenters. The van der Waals surface area contributed by atoms with Gasteiger partial charge in [-0.25, -0.2) is 0 Å². The number of nitrogens with zero attached hydrogens (tertiary/aromatic N) is 1. The molecule has 2 N–H and O–H groups in total. The van der Waals surface area contributed by atoms with Gasteiger partial charge in [0.15, 0.2) is 0 Å². The molecule has 104 valence electrons. The summed E-state index contributed by atoms with van der Waals surface area (Å²) in [5.41, 5.74) is 7.44. The first kappa shape index (κ1) is 13.5. The van der Waals surface area contributed by atoms with Gasteiger partial charge in [-0.15, -0.1) is 11.8 Å². The Morgan fingerprint density at radius 1 is 1.32 bits per heavy atom. The van der Waals surface area contributed by atoms with E-state index >= 15 is 0 Å². The summed E-state index contributed by atoms with van der Waals surface area (Å²) in [4.78, 5) is 4.07. The van der Waals surface area contributed by atoms with Gasteiger partial charge in [-0.2, -0.15) is 0 Å². The minimum Gasteiger partial charge on any atom is -0.330 e. The molecule has 3 rings (SSSR count). The van der Waals surface area contributed by atoms with E-state index in [9.17, 15) is 0 Å². The molecule has 1 aliphatic heterocycles. The molecule has 3 heteroatoms. The minimum atomic E-state index is 0.717. The van der Waals surface area contributed by atoms with Crippen LogP contribution in [0.2, 0.25) is 0 Å². The first-order chi connectivity index (χ1) is 9.28. The monoisotopic (exact) mass is 276 g/mol. The van der Waals surface area contributed by atoms with Gasteiger partial charge < -0.3 is 10.6 Å². The zero-order valence-electron chi connectivity index (χ0n) is 11.7. The second-order valence-electron chi connectivity index (χ2n) is 5.99. The molecule has 0 spiro atoms. The summed E-state index contributed by atoms with van der Waals surface area (Å²) < 4.78 is 0. The smallest absolute Gasteiger partial charge is 0.0263 e. The van der Waals surface area contributed by atoms with E-state index in [1.165, 1.54) is 42.7 Å². The first-order valence-electron chi connectivity index (χ1n) is 7.43. The molecule has 0 amide bonds. The molecule has 1 heterocycles. The molecule has 1 aromatic rings. The van der Waals surface area contributed by atoms with Crippen molar-refractivity contribution in [1.29, 1.82) is 0 Å². The van der Waals surface area contributed by atoms with Gasteiger partial charge in [-0.3, -0.25) is 0 Å². The Bertz CT molecular complexity index is 410. The van der Waals surface area contributed by atoms with Crippen LogP contribution in [0.25, 0.3) is 0 Å². The highest BCUT2D eigenvalue weighted by molar-refractivity contribution is 8.00. The van der Waals surface area contributed by atoms with E-state index in [0.29, 0.717) is 6.04 Å². The number of hydrogen-bond donors (Lipinski definition) is 1. The normalized spacial score (nSPS) is 29.9. The van der Waals surface area contributed by atoms with Crippen molar-refractivity contribution in [2.45, 2.75) is 41.9 Å². The van der Waals surface area contributed by atoms with E-state index in [0.717, 1.165) is 17.7 Å². The van der Waals surface area contributed by atoms with Crippen molar-refractivity contribution in [3.05, 3.63) is 29.8 Å². The van der Waals surface area contributed by atoms with Gasteiger partial charge in [0.25, 0.3) is 0 Å². The van der Waals surface area contributed by atoms with Crippen molar-refractivity contribution >= 4 is 11.8 Å². The Kier molecular flexibility index (Phi) is 4.15. The lowest BCUT2D eigenvalue weighted by molar-refractivity contribution is 0.201. The van der Waals surface area contributed by atoms with Gasteiger partial charge >= 0.3 is 0 Å². The molecular weight excluding hydrogens is 252 g/mol. The van der Waals surface area contributed by atoms with Gasteiger partial charge in [0.2, 0.25) is 0 Å². The van der Waals surface area contributed by atoms with Crippen molar-refractivity contribution in [2.24, 2.45) is 11.7 Å². The average molecular weight is 276 g/mol. The highest BCUT2D eigenvalue weighted by Gasteiger charge is 2.31. The summed E-state index contributed by atoms with van der Waals surface area (Å²) in [6, 6.07) is 9.57. The zero-order valence-corrected chi connectivity index (χ0v) is 12.5. The lowest BCUT2D eigenvalue weighted by Gasteiger charge is -2.30. The first-order valence-corrected chi connectivity index (χ1v) is 8.30. The summed E-state index contributed by atoms with van der Waals surface area (Å²) in [6.45, 7) is 2.05. The van der Waals surface area contributed by atoms with E-state index in [1.807, 2.05) is 0 Å². The fourth-order valence-electron chi connectivity index (χ4n) is 3.68. The number of hydrogen-bond acceptors (Lipinski definition) is 3. The van der Waals surface area contributed by atoms with E-state index in [-0.39, 0.29) is 0 Å². The lowest BCUT2D eigenvalue weighted by Crippen LogP contribution is -2.41. The van der Waals surface area contributed by atoms with Gasteiger partial charge in [0.1, 0.15) is 0 Å². The average Bonchev–Trinajstić information content (AvgIpc) is 3.03. The number of thioether (sulfide) groups is 1. The third-order valence-electron chi connectivity index (χ3n) is 4.69. The summed E-state index contributed by atoms with van der Waals surface area (Å²) >= 11 is 2.06. The lowest BCUT2D eigenvalue weighted by atomic mass is 10.0. The van der Waals surface area contributed by atoms with Crippen molar-refractivity contribution in [3.8, 4) is 0 Å². The van der Waals surface area contributed by atoms with Crippen LogP contribution in [0.15, 0.2) is 29.2 Å². The number of rotatable bonds is 4. The van der Waals surface area contributed by atoms with Gasteiger partial charge in [0, 0.05) is 22.7 Å². The van der Waals surface area contributed by atoms with E-state index in [4.69, 9.17) is 5.73 Å². The topological polar surface area (TPSA) is 29.3 Å². The quantitative estimate of drug-likeness (QED) is 0.917. The molecule has 1 aliphatic carbocycles. The Morgan fingerprint density at radius 3 is 2.95 bits per heavy atom. The summed E-state index contributed by atoms with van der Waals surface area (Å²) in [7, 11) is 2.29. The molecule has 1 aromatic carbocycles. The molecule has 0 aromatic heterocycles. The van der Waals surface area contributed by atoms with Crippen LogP contribution in [-0.2, 0) is 6.42 Å². The maximum atomic E-state index is 5.91. The molecular formula is C16H24N2S. The highest BCUT2D eigenvalue weighted by Crippen LogP contribution is 2.38. The van der Waals surface area contributed by atoms with Crippen LogP contribution < -0.4 is 5.73 Å². The number of nitrogens with two attached hydrogens (primary N) is 1. The van der Waals surface area contributed by atoms with Gasteiger partial charge in [0.05, 0.1) is 0 Å². The summed E-state index contributed by atoms with van der Waals surface area (Å²) in [5, 5.41) is 0.724. The number of benzene rings is 1. The molecule has 0 radical (unpaired) electrons. The minimum absolute atomic E-state index is 0.717. The van der Waals surface area contributed by atoms with Crippen LogP contribution in [0.4, 0.5) is 0 Å². The Labute approximate surface area is 120 Å². The Balaban J connectivity index is 1.58. The molecule has 2 nitrogen and oxygen atoms in total. The van der Waals surface area contributed by atoms with Crippen LogP contribution in [-0.4, -0.2) is 36.3 Å². The summed E-state index contributed by atoms with van der Waals surface area (Å²) in [6.07, 6.45) is 5.24. The summed E-state index contributed by atoms with van der Waals surface area (Å²) in [5.74, 6) is 0.721. The van der Waals surface area contributed by atoms with Gasteiger partial charge in [-0.1, -0.05) is 24.6 Å². The number of fused-ring (bicyclic) bond motifs is 1. The van der Waals surface area contributed by atoms with Crippen molar-refractivity contribution in [1.82, 2.24) is 4.90 Å². The third-order valence-corrected chi connectivity index (χ3v) is 5.99. The SMILES string of the molecule is CN(CC1Cc2ccccc2S1)C1CCCC1CN. The van der Waals surface area contributed by atoms with Crippen LogP contribution in [0, 0.1) is 5.92 Å². The second kappa shape index (κ2) is 5.86. The fraction of sp³-hybridized carbons (Fsp3) is 0.625. The maximum Gasteiger partial charge on any atom is 0.0263 e. The van der Waals surface area contributed by atoms with Crippen molar-refractivity contribution in [2.75, 3.05) is 20.1 Å². The van der Waals surface area contributed by atoms with E-state index < -0.39 is 0 Å². The Hall–Kier alpha value is -0.510. The third kappa shape index (κ3) is 2.83. The maximum absolute atomic E-state index is 5.91. The molecule has 1 fully saturated rings. The molecule has 0 saturated heterocycles. The van der Waals surface area contributed by atoms with Crippen molar-refractivity contribution in [3.63, 3.8) is 0 Å².